The highest BCUT2D eigenvalue weighted by Gasteiger charge is 2.45. The summed E-state index contributed by atoms with van der Waals surface area (Å²) in [5, 5.41) is 6.31. The largest absolute Gasteiger partial charge is 0.405 e. The van der Waals surface area contributed by atoms with Crippen LogP contribution in [0.15, 0.2) is 147 Å². The van der Waals surface area contributed by atoms with E-state index in [1.807, 2.05) is 85.9 Å². The van der Waals surface area contributed by atoms with Gasteiger partial charge in [0.1, 0.15) is 6.54 Å². The lowest BCUT2D eigenvalue weighted by atomic mass is 9.72. The van der Waals surface area contributed by atoms with Crippen molar-refractivity contribution < 1.29 is 17.9 Å². The molecule has 1 heterocycles. The second-order valence-corrected chi connectivity index (χ2v) is 12.4. The molecule has 0 radical (unpaired) electrons. The molecular weight excluding hydrogens is 631 g/mol. The fourth-order valence-corrected chi connectivity index (χ4v) is 6.76. The van der Waals surface area contributed by atoms with Gasteiger partial charge in [-0.05, 0) is 61.4 Å². The van der Waals surface area contributed by atoms with Crippen LogP contribution in [0, 0.1) is 0 Å². The lowest BCUT2D eigenvalue weighted by Crippen LogP contribution is -2.42. The van der Waals surface area contributed by atoms with Gasteiger partial charge in [-0.2, -0.15) is 13.2 Å². The first-order valence-corrected chi connectivity index (χ1v) is 17.4. The van der Waals surface area contributed by atoms with Crippen molar-refractivity contribution in [3.63, 3.8) is 0 Å². The van der Waals surface area contributed by atoms with E-state index >= 15 is 0 Å². The van der Waals surface area contributed by atoms with Gasteiger partial charge in [0.25, 0.3) is 0 Å². The molecule has 0 amide bonds. The summed E-state index contributed by atoms with van der Waals surface area (Å²) in [5.41, 5.74) is 5.83. The van der Waals surface area contributed by atoms with Gasteiger partial charge in [-0.25, -0.2) is 0 Å². The van der Waals surface area contributed by atoms with E-state index in [0.29, 0.717) is 31.4 Å². The molecule has 0 saturated carbocycles. The number of hydrogen-bond donors (Lipinski definition) is 2. The lowest BCUT2D eigenvalue weighted by Gasteiger charge is -2.36. The van der Waals surface area contributed by atoms with Crippen molar-refractivity contribution in [2.75, 3.05) is 39.4 Å². The van der Waals surface area contributed by atoms with Crippen LogP contribution in [0.4, 0.5) is 13.2 Å². The van der Waals surface area contributed by atoms with Gasteiger partial charge in [-0.3, -0.25) is 0 Å². The molecule has 0 atom stereocenters. The van der Waals surface area contributed by atoms with Crippen molar-refractivity contribution in [2.24, 2.45) is 0 Å². The number of benzene rings is 2. The van der Waals surface area contributed by atoms with E-state index in [1.165, 1.54) is 0 Å². The van der Waals surface area contributed by atoms with Crippen molar-refractivity contribution in [3.8, 4) is 11.1 Å². The third-order valence-electron chi connectivity index (χ3n) is 9.17. The van der Waals surface area contributed by atoms with Crippen LogP contribution in [-0.4, -0.2) is 56.5 Å². The summed E-state index contributed by atoms with van der Waals surface area (Å²) in [7, 11) is 0. The van der Waals surface area contributed by atoms with Crippen molar-refractivity contribution in [1.29, 1.82) is 0 Å². The smallest absolute Gasteiger partial charge is 0.382 e. The number of fused-ring (bicyclic) bond motifs is 3. The van der Waals surface area contributed by atoms with Crippen LogP contribution in [0.25, 0.3) is 11.1 Å². The second-order valence-electron chi connectivity index (χ2n) is 12.4. The molecule has 1 saturated heterocycles. The van der Waals surface area contributed by atoms with Crippen LogP contribution in [0.5, 0.6) is 0 Å². The van der Waals surface area contributed by atoms with Crippen molar-refractivity contribution in [3.05, 3.63) is 158 Å². The number of halogens is 3. The molecule has 2 aromatic carbocycles. The minimum atomic E-state index is -4.33. The van der Waals surface area contributed by atoms with Crippen molar-refractivity contribution in [1.82, 2.24) is 15.5 Å². The molecule has 1 aliphatic carbocycles. The van der Waals surface area contributed by atoms with E-state index in [-0.39, 0.29) is 0 Å². The Morgan fingerprint density at radius 3 is 2.18 bits per heavy atom. The summed E-state index contributed by atoms with van der Waals surface area (Å²) >= 11 is 0. The third kappa shape index (κ3) is 11.1. The number of rotatable bonds is 18. The maximum atomic E-state index is 13.3. The average Bonchev–Trinajstić information content (AvgIpc) is 3.41. The number of hydrogen-bond acceptors (Lipinski definition) is 4. The van der Waals surface area contributed by atoms with Gasteiger partial charge in [0.2, 0.25) is 0 Å². The summed E-state index contributed by atoms with van der Waals surface area (Å²) < 4.78 is 45.7. The van der Waals surface area contributed by atoms with Gasteiger partial charge in [0, 0.05) is 36.1 Å². The number of allylic oxidation sites excluding steroid dienone is 8. The van der Waals surface area contributed by atoms with E-state index in [4.69, 9.17) is 4.74 Å². The number of unbranched alkanes of at least 4 members (excludes halogenated alkanes) is 1. The van der Waals surface area contributed by atoms with Crippen LogP contribution in [0.3, 0.4) is 0 Å². The van der Waals surface area contributed by atoms with Crippen molar-refractivity contribution >= 4 is 0 Å². The van der Waals surface area contributed by atoms with Crippen LogP contribution >= 0.6 is 0 Å². The highest BCUT2D eigenvalue weighted by atomic mass is 19.4. The molecule has 7 heteroatoms. The predicted molar refractivity (Wildman–Crippen MR) is 205 cm³/mol. The fourth-order valence-electron chi connectivity index (χ4n) is 6.76. The maximum Gasteiger partial charge on any atom is 0.405 e. The minimum absolute atomic E-state index is 0.337. The summed E-state index contributed by atoms with van der Waals surface area (Å²) in [6.45, 7) is 23.0. The zero-order chi connectivity index (χ0) is 36.4. The Morgan fingerprint density at radius 1 is 0.940 bits per heavy atom. The molecule has 4 nitrogen and oxygen atoms in total. The molecule has 50 heavy (non-hydrogen) atoms. The van der Waals surface area contributed by atoms with Gasteiger partial charge < -0.3 is 20.3 Å². The van der Waals surface area contributed by atoms with Crippen LogP contribution < -0.4 is 10.6 Å². The molecule has 0 aromatic heterocycles. The quantitative estimate of drug-likeness (QED) is 0.0931. The third-order valence-corrected chi connectivity index (χ3v) is 9.17. The van der Waals surface area contributed by atoms with Gasteiger partial charge in [0.05, 0.1) is 18.6 Å². The molecular formula is C43H54F3N3O. The SMILES string of the molecule is C=C.C=C/C=C\C=C\COC/C(=C\C=C/C)C(=C)NC1CCN(CCCCC2(C(=C)NCC(F)(F)F)c3ccccc3-c3ccccc32)CC1. The van der Waals surface area contributed by atoms with Crippen molar-refractivity contribution in [2.45, 2.75) is 56.7 Å². The van der Waals surface area contributed by atoms with E-state index < -0.39 is 18.1 Å². The zero-order valence-corrected chi connectivity index (χ0v) is 29.6. The summed E-state index contributed by atoms with van der Waals surface area (Å²) in [4.78, 5) is 2.49. The number of nitrogens with one attached hydrogen (secondary N) is 2. The number of likely N-dealkylation sites (tertiary alicyclic amines) is 1. The van der Waals surface area contributed by atoms with E-state index in [0.717, 1.165) is 78.8 Å². The Bertz CT molecular complexity index is 1480. The number of piperidine rings is 1. The summed E-state index contributed by atoms with van der Waals surface area (Å²) in [6, 6.07) is 16.5. The monoisotopic (exact) mass is 685 g/mol. The minimum Gasteiger partial charge on any atom is -0.382 e. The molecule has 1 fully saturated rings. The Hall–Kier alpha value is -4.33. The van der Waals surface area contributed by atoms with Crippen LogP contribution in [0.1, 0.15) is 50.2 Å². The molecule has 4 rings (SSSR count). The highest BCUT2D eigenvalue weighted by Crippen LogP contribution is 2.54. The van der Waals surface area contributed by atoms with Gasteiger partial charge in [0.15, 0.2) is 0 Å². The van der Waals surface area contributed by atoms with E-state index in [1.54, 1.807) is 6.08 Å². The van der Waals surface area contributed by atoms with Gasteiger partial charge >= 0.3 is 6.18 Å². The van der Waals surface area contributed by atoms with E-state index in [9.17, 15) is 13.2 Å². The Morgan fingerprint density at radius 2 is 1.58 bits per heavy atom. The molecule has 0 spiro atoms. The van der Waals surface area contributed by atoms with E-state index in [2.05, 4.69) is 60.6 Å². The summed E-state index contributed by atoms with van der Waals surface area (Å²) in [5.74, 6) is 0. The highest BCUT2D eigenvalue weighted by molar-refractivity contribution is 5.82. The average molecular weight is 686 g/mol. The Kier molecular flexibility index (Phi) is 16.3. The maximum absolute atomic E-state index is 13.3. The Labute approximate surface area is 298 Å². The predicted octanol–water partition coefficient (Wildman–Crippen LogP) is 9.98. The molecule has 0 bridgehead atoms. The second kappa shape index (κ2) is 20.4. The first-order valence-electron chi connectivity index (χ1n) is 17.4. The van der Waals surface area contributed by atoms with Crippen LogP contribution in [0.2, 0.25) is 0 Å². The standard InChI is InChI=1S/C41H50F3N3O.C2H4/c1-5-7-9-10-17-29-48-30-34(18-8-6-2)32(3)46-35-23-27-47(28-24-35)26-16-15-25-40(33(4)45-31-41(42,43)44)38-21-13-11-19-36(38)37-20-12-14-22-39(37)40;1-2/h5-14,17-22,35,45-46H,1,3-4,15-16,23-31H2,2H3;1-2H2/b8-6-,9-7-,17-10+,34-18+;. The van der Waals surface area contributed by atoms with Gasteiger partial charge in [-0.15, -0.1) is 13.2 Å². The summed E-state index contributed by atoms with van der Waals surface area (Å²) in [6.07, 6.45) is 15.7. The molecule has 2 N–H and O–H groups in total. The number of ether oxygens (including phenoxy) is 1. The molecule has 2 aromatic rings. The first-order chi connectivity index (χ1) is 24.2. The number of alkyl halides is 3. The topological polar surface area (TPSA) is 36.5 Å². The van der Waals surface area contributed by atoms with Gasteiger partial charge in [-0.1, -0.05) is 123 Å². The lowest BCUT2D eigenvalue weighted by molar-refractivity contribution is -0.123. The molecule has 0 unspecified atom stereocenters. The Balaban J connectivity index is 0.00000332. The number of nitrogens with zero attached hydrogens (tertiary/aromatic N) is 1. The van der Waals surface area contributed by atoms with Crippen LogP contribution in [-0.2, 0) is 10.2 Å². The zero-order valence-electron chi connectivity index (χ0n) is 29.6. The molecule has 268 valence electrons. The first kappa shape index (κ1) is 40.1. The molecule has 2 aliphatic rings. The fraction of sp³-hybridized carbons (Fsp3) is 0.349. The molecule has 1 aliphatic heterocycles. The normalized spacial score (nSPS) is 16.2.